The van der Waals surface area contributed by atoms with Crippen LogP contribution in [0.4, 0.5) is 11.4 Å². The molecule has 0 spiro atoms. The summed E-state index contributed by atoms with van der Waals surface area (Å²) in [6.07, 6.45) is 1.49. The third-order valence-corrected chi connectivity index (χ3v) is 6.43. The Kier molecular flexibility index (Phi) is 8.29. The zero-order chi connectivity index (χ0) is 23.8. The molecule has 2 aromatic rings. The third kappa shape index (κ3) is 6.45. The van der Waals surface area contributed by atoms with Crippen LogP contribution in [-0.4, -0.2) is 71.3 Å². The second kappa shape index (κ2) is 11.2. The highest BCUT2D eigenvalue weighted by atomic mass is 32.2. The van der Waals surface area contributed by atoms with Crippen molar-refractivity contribution in [2.45, 2.75) is 12.8 Å². The molecule has 1 fully saturated rings. The van der Waals surface area contributed by atoms with E-state index in [1.165, 1.54) is 11.4 Å². The predicted octanol–water partition coefficient (Wildman–Crippen LogP) is 2.35. The van der Waals surface area contributed by atoms with Crippen molar-refractivity contribution in [3.8, 4) is 5.75 Å². The van der Waals surface area contributed by atoms with Gasteiger partial charge in [0.25, 0.3) is 5.91 Å². The molecule has 3 rings (SSSR count). The van der Waals surface area contributed by atoms with Crippen LogP contribution in [0, 0.1) is 0 Å². The molecule has 2 amide bonds. The fraction of sp³-hybridized carbons (Fsp3) is 0.391. The molecule has 2 aromatic carbocycles. The Labute approximate surface area is 194 Å². The maximum absolute atomic E-state index is 12.9. The lowest BCUT2D eigenvalue weighted by atomic mass is 10.1. The van der Waals surface area contributed by atoms with Crippen LogP contribution in [0.3, 0.4) is 0 Å². The number of carbonyl (C=O) groups is 2. The molecular formula is C23H29N3O6S. The highest BCUT2D eigenvalue weighted by Gasteiger charge is 2.23. The van der Waals surface area contributed by atoms with Crippen molar-refractivity contribution < 1.29 is 27.5 Å². The molecule has 10 heteroatoms. The van der Waals surface area contributed by atoms with Crippen LogP contribution >= 0.6 is 0 Å². The molecule has 9 nitrogen and oxygen atoms in total. The van der Waals surface area contributed by atoms with Gasteiger partial charge in [-0.25, -0.2) is 8.42 Å². The smallest absolute Gasteiger partial charge is 0.256 e. The lowest BCUT2D eigenvalue weighted by Crippen LogP contribution is -2.41. The van der Waals surface area contributed by atoms with Crippen molar-refractivity contribution in [3.05, 3.63) is 54.1 Å². The first-order chi connectivity index (χ1) is 15.8. The summed E-state index contributed by atoms with van der Waals surface area (Å²) in [7, 11) is -2.10. The van der Waals surface area contributed by atoms with Gasteiger partial charge in [0.1, 0.15) is 5.75 Å². The van der Waals surface area contributed by atoms with E-state index in [1.807, 2.05) is 0 Å². The molecule has 1 aliphatic heterocycles. The van der Waals surface area contributed by atoms with Crippen molar-refractivity contribution in [2.24, 2.45) is 0 Å². The van der Waals surface area contributed by atoms with Crippen molar-refractivity contribution >= 4 is 33.2 Å². The molecule has 0 unspecified atom stereocenters. The van der Waals surface area contributed by atoms with E-state index in [0.29, 0.717) is 49.0 Å². The average Bonchev–Trinajstić information content (AvgIpc) is 2.81. The number of anilines is 2. The van der Waals surface area contributed by atoms with E-state index in [2.05, 4.69) is 5.32 Å². The van der Waals surface area contributed by atoms with E-state index in [4.69, 9.17) is 9.47 Å². The van der Waals surface area contributed by atoms with E-state index in [1.54, 1.807) is 53.4 Å². The fourth-order valence-corrected chi connectivity index (χ4v) is 4.58. The van der Waals surface area contributed by atoms with Gasteiger partial charge in [0.05, 0.1) is 43.5 Å². The Morgan fingerprint density at radius 2 is 1.76 bits per heavy atom. The van der Waals surface area contributed by atoms with Crippen LogP contribution in [0.15, 0.2) is 48.5 Å². The van der Waals surface area contributed by atoms with E-state index in [-0.39, 0.29) is 31.2 Å². The summed E-state index contributed by atoms with van der Waals surface area (Å²) in [4.78, 5) is 27.2. The zero-order valence-corrected chi connectivity index (χ0v) is 19.6. The number of amides is 2. The number of ether oxygens (including phenoxy) is 2. The molecule has 1 saturated heterocycles. The summed E-state index contributed by atoms with van der Waals surface area (Å²) in [6, 6.07) is 13.7. The van der Waals surface area contributed by atoms with Gasteiger partial charge in [0.15, 0.2) is 0 Å². The molecule has 1 heterocycles. The first-order valence-electron chi connectivity index (χ1n) is 10.7. The molecular weight excluding hydrogens is 446 g/mol. The molecule has 0 atom stereocenters. The number of hydrogen-bond donors (Lipinski definition) is 1. The molecule has 178 valence electrons. The number of rotatable bonds is 9. The first kappa shape index (κ1) is 24.5. The Bertz CT molecular complexity index is 1080. The van der Waals surface area contributed by atoms with E-state index < -0.39 is 10.0 Å². The predicted molar refractivity (Wildman–Crippen MR) is 126 cm³/mol. The second-order valence-corrected chi connectivity index (χ2v) is 9.52. The number of nitrogens with one attached hydrogen (secondary N) is 1. The lowest BCUT2D eigenvalue weighted by Gasteiger charge is -2.27. The van der Waals surface area contributed by atoms with Crippen molar-refractivity contribution in [1.82, 2.24) is 4.90 Å². The van der Waals surface area contributed by atoms with Crippen LogP contribution in [0.25, 0.3) is 0 Å². The van der Waals surface area contributed by atoms with Gasteiger partial charge < -0.3 is 19.7 Å². The van der Waals surface area contributed by atoms with Gasteiger partial charge in [-0.3, -0.25) is 13.9 Å². The zero-order valence-electron chi connectivity index (χ0n) is 18.8. The van der Waals surface area contributed by atoms with Gasteiger partial charge >= 0.3 is 0 Å². The highest BCUT2D eigenvalue weighted by Crippen LogP contribution is 2.29. The molecule has 0 aromatic heterocycles. The summed E-state index contributed by atoms with van der Waals surface area (Å²) >= 11 is 0. The van der Waals surface area contributed by atoms with Crippen LogP contribution in [0.1, 0.15) is 23.2 Å². The quantitative estimate of drug-likeness (QED) is 0.597. The topological polar surface area (TPSA) is 105 Å². The number of methoxy groups -OCH3 is 1. The van der Waals surface area contributed by atoms with Crippen LogP contribution < -0.4 is 14.4 Å². The van der Waals surface area contributed by atoms with Gasteiger partial charge in [0, 0.05) is 26.1 Å². The number of benzene rings is 2. The number of para-hydroxylation sites is 3. The minimum absolute atomic E-state index is 0.0846. The normalized spacial score (nSPS) is 13.9. The summed E-state index contributed by atoms with van der Waals surface area (Å²) in [5.74, 6) is -0.0257. The monoisotopic (exact) mass is 475 g/mol. The van der Waals surface area contributed by atoms with Gasteiger partial charge in [-0.05, 0) is 30.7 Å². The number of carbonyl (C=O) groups excluding carboxylic acids is 2. The van der Waals surface area contributed by atoms with Gasteiger partial charge in [0.2, 0.25) is 15.9 Å². The van der Waals surface area contributed by atoms with Crippen LogP contribution in [-0.2, 0) is 19.6 Å². The molecule has 0 radical (unpaired) electrons. The Morgan fingerprint density at radius 3 is 2.45 bits per heavy atom. The Hall–Kier alpha value is -3.11. The number of sulfonamides is 1. The van der Waals surface area contributed by atoms with E-state index >= 15 is 0 Å². The lowest BCUT2D eigenvalue weighted by molar-refractivity contribution is -0.116. The standard InChI is InChI=1S/C23H29N3O6S/c1-31-21-11-6-5-10-20(21)26(33(2,29)30)13-7-12-22(27)24-19-9-4-3-8-18(19)23(28)25-14-16-32-17-15-25/h3-6,8-11H,7,12-17H2,1-2H3,(H,24,27). The van der Waals surface area contributed by atoms with Crippen molar-refractivity contribution in [3.63, 3.8) is 0 Å². The largest absolute Gasteiger partial charge is 0.495 e. The van der Waals surface area contributed by atoms with Gasteiger partial charge in [-0.2, -0.15) is 0 Å². The maximum atomic E-state index is 12.9. The summed E-state index contributed by atoms with van der Waals surface area (Å²) in [5, 5.41) is 2.79. The number of morpholine rings is 1. The van der Waals surface area contributed by atoms with Crippen LogP contribution in [0.5, 0.6) is 5.75 Å². The van der Waals surface area contributed by atoms with Crippen molar-refractivity contribution in [1.29, 1.82) is 0 Å². The minimum atomic E-state index is -3.58. The third-order valence-electron chi connectivity index (χ3n) is 5.25. The minimum Gasteiger partial charge on any atom is -0.495 e. The fourth-order valence-electron chi connectivity index (χ4n) is 3.61. The van der Waals surface area contributed by atoms with Gasteiger partial charge in [-0.15, -0.1) is 0 Å². The molecule has 0 aliphatic carbocycles. The highest BCUT2D eigenvalue weighted by molar-refractivity contribution is 7.92. The molecule has 0 saturated carbocycles. The number of hydrogen-bond acceptors (Lipinski definition) is 6. The first-order valence-corrected chi connectivity index (χ1v) is 12.5. The van der Waals surface area contributed by atoms with Gasteiger partial charge in [-0.1, -0.05) is 24.3 Å². The second-order valence-electron chi connectivity index (χ2n) is 7.61. The number of nitrogens with zero attached hydrogens (tertiary/aromatic N) is 2. The summed E-state index contributed by atoms with van der Waals surface area (Å²) in [6.45, 7) is 2.10. The maximum Gasteiger partial charge on any atom is 0.256 e. The average molecular weight is 476 g/mol. The van der Waals surface area contributed by atoms with E-state index in [0.717, 1.165) is 6.26 Å². The summed E-state index contributed by atoms with van der Waals surface area (Å²) < 4.78 is 36.5. The Morgan fingerprint density at radius 1 is 1.09 bits per heavy atom. The molecule has 1 N–H and O–H groups in total. The van der Waals surface area contributed by atoms with Crippen LogP contribution in [0.2, 0.25) is 0 Å². The van der Waals surface area contributed by atoms with Crippen molar-refractivity contribution in [2.75, 3.05) is 55.8 Å². The molecule has 0 bridgehead atoms. The van der Waals surface area contributed by atoms with E-state index in [9.17, 15) is 18.0 Å². The SMILES string of the molecule is COc1ccccc1N(CCCC(=O)Nc1ccccc1C(=O)N1CCOCC1)S(C)(=O)=O. The molecule has 33 heavy (non-hydrogen) atoms. The molecule has 1 aliphatic rings. The summed E-state index contributed by atoms with van der Waals surface area (Å²) in [5.41, 5.74) is 1.27. The Balaban J connectivity index is 1.64.